The van der Waals surface area contributed by atoms with Gasteiger partial charge in [0.1, 0.15) is 0 Å². The highest BCUT2D eigenvalue weighted by Crippen LogP contribution is 2.02. The predicted octanol–water partition coefficient (Wildman–Crippen LogP) is 1.14. The van der Waals surface area contributed by atoms with Crippen molar-refractivity contribution in [2.24, 2.45) is 11.7 Å². The van der Waals surface area contributed by atoms with Crippen molar-refractivity contribution in [1.82, 2.24) is 15.6 Å². The van der Waals surface area contributed by atoms with Gasteiger partial charge in [0, 0.05) is 25.5 Å². The molecule has 0 aliphatic carbocycles. The van der Waals surface area contributed by atoms with E-state index >= 15 is 0 Å². The van der Waals surface area contributed by atoms with E-state index in [9.17, 15) is 9.59 Å². The van der Waals surface area contributed by atoms with E-state index in [-0.39, 0.29) is 36.6 Å². The van der Waals surface area contributed by atoms with Gasteiger partial charge >= 0.3 is 0 Å². The average Bonchev–Trinajstić information content (AvgIpc) is 2.43. The van der Waals surface area contributed by atoms with Crippen molar-refractivity contribution >= 4 is 36.6 Å². The summed E-state index contributed by atoms with van der Waals surface area (Å²) in [5.74, 6) is -0.0193. The molecular formula is C14H24Cl2N4O2. The molecule has 0 aliphatic rings. The average molecular weight is 351 g/mol. The van der Waals surface area contributed by atoms with E-state index in [1.807, 2.05) is 13.8 Å². The summed E-state index contributed by atoms with van der Waals surface area (Å²) in [4.78, 5) is 27.2. The molecule has 0 aliphatic heterocycles. The van der Waals surface area contributed by atoms with Crippen LogP contribution < -0.4 is 16.4 Å². The topological polar surface area (TPSA) is 97.1 Å². The second kappa shape index (κ2) is 12.2. The fraction of sp³-hybridized carbons (Fsp3) is 0.500. The number of amides is 2. The van der Waals surface area contributed by atoms with Crippen molar-refractivity contribution in [2.45, 2.75) is 26.3 Å². The maximum absolute atomic E-state index is 11.7. The van der Waals surface area contributed by atoms with Crippen molar-refractivity contribution < 1.29 is 9.59 Å². The van der Waals surface area contributed by atoms with Gasteiger partial charge in [0.2, 0.25) is 5.91 Å². The number of halogens is 2. The summed E-state index contributed by atoms with van der Waals surface area (Å²) in [6.45, 7) is 4.74. The molecule has 0 fully saturated rings. The van der Waals surface area contributed by atoms with E-state index in [4.69, 9.17) is 5.73 Å². The maximum Gasteiger partial charge on any atom is 0.252 e. The Labute approximate surface area is 143 Å². The molecule has 1 aromatic rings. The van der Waals surface area contributed by atoms with Gasteiger partial charge in [-0.15, -0.1) is 24.8 Å². The number of nitrogens with one attached hydrogen (secondary N) is 2. The van der Waals surface area contributed by atoms with Crippen LogP contribution in [0.15, 0.2) is 24.5 Å². The number of hydrogen-bond donors (Lipinski definition) is 3. The molecule has 1 rings (SSSR count). The lowest BCUT2D eigenvalue weighted by Gasteiger charge is -2.14. The van der Waals surface area contributed by atoms with Gasteiger partial charge in [-0.3, -0.25) is 14.6 Å². The van der Waals surface area contributed by atoms with Gasteiger partial charge < -0.3 is 16.4 Å². The van der Waals surface area contributed by atoms with Gasteiger partial charge in [-0.2, -0.15) is 0 Å². The Balaban J connectivity index is 0. The van der Waals surface area contributed by atoms with E-state index in [0.29, 0.717) is 31.0 Å². The van der Waals surface area contributed by atoms with Gasteiger partial charge in [-0.25, -0.2) is 0 Å². The quantitative estimate of drug-likeness (QED) is 0.642. The fourth-order valence-corrected chi connectivity index (χ4v) is 1.71. The molecule has 2 amide bonds. The Bertz CT molecular complexity index is 444. The monoisotopic (exact) mass is 350 g/mol. The third kappa shape index (κ3) is 8.81. The molecule has 0 saturated carbocycles. The zero-order chi connectivity index (χ0) is 15.0. The third-order valence-corrected chi connectivity index (χ3v) is 2.70. The van der Waals surface area contributed by atoms with E-state index in [0.717, 1.165) is 0 Å². The van der Waals surface area contributed by atoms with Gasteiger partial charge in [0.25, 0.3) is 5.91 Å². The van der Waals surface area contributed by atoms with E-state index in [1.165, 1.54) is 6.20 Å². The Morgan fingerprint density at radius 1 is 1.23 bits per heavy atom. The first-order valence-electron chi connectivity index (χ1n) is 6.72. The number of aromatic nitrogens is 1. The molecule has 0 aromatic carbocycles. The molecule has 0 radical (unpaired) electrons. The van der Waals surface area contributed by atoms with Gasteiger partial charge in [-0.05, 0) is 24.5 Å². The van der Waals surface area contributed by atoms with E-state index in [1.54, 1.807) is 18.3 Å². The molecule has 8 heteroatoms. The van der Waals surface area contributed by atoms with Crippen LogP contribution in [0.1, 0.15) is 30.6 Å². The molecule has 1 atom stereocenters. The Kier molecular flexibility index (Phi) is 12.7. The second-order valence-electron chi connectivity index (χ2n) is 5.02. The minimum atomic E-state index is -0.496. The van der Waals surface area contributed by atoms with Crippen molar-refractivity contribution in [3.63, 3.8) is 0 Å². The number of carbonyl (C=O) groups is 2. The highest BCUT2D eigenvalue weighted by molar-refractivity contribution is 5.93. The van der Waals surface area contributed by atoms with E-state index in [2.05, 4.69) is 15.6 Å². The second-order valence-corrected chi connectivity index (χ2v) is 5.02. The van der Waals surface area contributed by atoms with Crippen molar-refractivity contribution in [1.29, 1.82) is 0 Å². The summed E-state index contributed by atoms with van der Waals surface area (Å²) >= 11 is 0. The number of hydrogen-bond acceptors (Lipinski definition) is 4. The molecule has 6 nitrogen and oxygen atoms in total. The lowest BCUT2D eigenvalue weighted by molar-refractivity contribution is -0.122. The van der Waals surface area contributed by atoms with Crippen LogP contribution in [0, 0.1) is 5.92 Å². The first-order valence-corrected chi connectivity index (χ1v) is 6.72. The molecule has 1 heterocycles. The lowest BCUT2D eigenvalue weighted by atomic mass is 10.0. The zero-order valence-electron chi connectivity index (χ0n) is 12.7. The first-order chi connectivity index (χ1) is 9.50. The van der Waals surface area contributed by atoms with Crippen molar-refractivity contribution in [2.75, 3.05) is 13.1 Å². The third-order valence-electron chi connectivity index (χ3n) is 2.70. The number of carbonyl (C=O) groups excluding carboxylic acids is 2. The number of pyridine rings is 1. The number of nitrogens with zero attached hydrogens (tertiary/aromatic N) is 1. The molecule has 1 aromatic heterocycles. The van der Waals surface area contributed by atoms with Crippen molar-refractivity contribution in [3.05, 3.63) is 30.1 Å². The van der Waals surface area contributed by atoms with Crippen LogP contribution >= 0.6 is 24.8 Å². The van der Waals surface area contributed by atoms with Crippen LogP contribution in [-0.4, -0.2) is 35.9 Å². The fourth-order valence-electron chi connectivity index (χ4n) is 1.71. The summed E-state index contributed by atoms with van der Waals surface area (Å²) < 4.78 is 0. The molecule has 0 spiro atoms. The number of nitrogens with two attached hydrogens (primary N) is 1. The Hall–Kier alpha value is -1.37. The molecule has 22 heavy (non-hydrogen) atoms. The maximum atomic E-state index is 11.7. The van der Waals surface area contributed by atoms with Gasteiger partial charge in [0.05, 0.1) is 11.6 Å². The molecular weight excluding hydrogens is 327 g/mol. The van der Waals surface area contributed by atoms with Crippen LogP contribution in [0.5, 0.6) is 0 Å². The normalized spacial score (nSPS) is 10.9. The largest absolute Gasteiger partial charge is 0.353 e. The molecule has 126 valence electrons. The molecule has 4 N–H and O–H groups in total. The van der Waals surface area contributed by atoms with Crippen LogP contribution in [0.25, 0.3) is 0 Å². The summed E-state index contributed by atoms with van der Waals surface area (Å²) in [6, 6.07) is 2.88. The minimum Gasteiger partial charge on any atom is -0.353 e. The Morgan fingerprint density at radius 3 is 2.41 bits per heavy atom. The van der Waals surface area contributed by atoms with Crippen LogP contribution in [-0.2, 0) is 4.79 Å². The minimum absolute atomic E-state index is 0. The van der Waals surface area contributed by atoms with Gasteiger partial charge in [-0.1, -0.05) is 13.8 Å². The van der Waals surface area contributed by atoms with Crippen LogP contribution in [0.3, 0.4) is 0 Å². The van der Waals surface area contributed by atoms with Gasteiger partial charge in [0.15, 0.2) is 0 Å². The zero-order valence-corrected chi connectivity index (χ0v) is 14.4. The standard InChI is InChI=1S/C14H22N4O2.2ClH/c1-10(2)8-12(15)14(20)18-7-6-17-13(19)11-4-3-5-16-9-11;;/h3-5,9-10,12H,6-8,15H2,1-2H3,(H,17,19)(H,18,20);2*1H/t12-;;/m0../s1. The van der Waals surface area contributed by atoms with E-state index < -0.39 is 6.04 Å². The molecule has 0 saturated heterocycles. The van der Waals surface area contributed by atoms with Crippen molar-refractivity contribution in [3.8, 4) is 0 Å². The predicted molar refractivity (Wildman–Crippen MR) is 91.5 cm³/mol. The lowest BCUT2D eigenvalue weighted by Crippen LogP contribution is -2.44. The smallest absolute Gasteiger partial charge is 0.252 e. The summed E-state index contributed by atoms with van der Waals surface area (Å²) in [5, 5.41) is 5.40. The highest BCUT2D eigenvalue weighted by Gasteiger charge is 2.14. The van der Waals surface area contributed by atoms with Crippen LogP contribution in [0.2, 0.25) is 0 Å². The highest BCUT2D eigenvalue weighted by atomic mass is 35.5. The summed E-state index contributed by atoms with van der Waals surface area (Å²) in [5.41, 5.74) is 6.24. The first kappa shape index (κ1) is 22.9. The summed E-state index contributed by atoms with van der Waals surface area (Å²) in [7, 11) is 0. The molecule has 0 bridgehead atoms. The molecule has 0 unspecified atom stereocenters. The Morgan fingerprint density at radius 2 is 1.86 bits per heavy atom. The summed E-state index contributed by atoms with van der Waals surface area (Å²) in [6.07, 6.45) is 3.74. The number of rotatable bonds is 7. The van der Waals surface area contributed by atoms with Crippen LogP contribution in [0.4, 0.5) is 0 Å². The SMILES string of the molecule is CC(C)C[C@H](N)C(=O)NCCNC(=O)c1cccnc1.Cl.Cl.